The fourth-order valence-electron chi connectivity index (χ4n) is 2.45. The minimum Gasteiger partial charge on any atom is -0.361 e. The zero-order valence-corrected chi connectivity index (χ0v) is 13.5. The van der Waals surface area contributed by atoms with Crippen LogP contribution >= 0.6 is 0 Å². The van der Waals surface area contributed by atoms with Gasteiger partial charge in [0, 0.05) is 14.1 Å². The Labute approximate surface area is 136 Å². The maximum absolute atomic E-state index is 13.1. The number of aromatic nitrogens is 4. The molecule has 0 aliphatic rings. The Morgan fingerprint density at radius 1 is 1.12 bits per heavy atom. The summed E-state index contributed by atoms with van der Waals surface area (Å²) in [7, 11) is 3.25. The highest BCUT2D eigenvalue weighted by Crippen LogP contribution is 2.30. The van der Waals surface area contributed by atoms with Crippen molar-refractivity contribution >= 4 is 17.0 Å². The Hall–Kier alpha value is -2.64. The van der Waals surface area contributed by atoms with Gasteiger partial charge in [-0.1, -0.05) is 24.3 Å². The first-order valence-electron chi connectivity index (χ1n) is 7.29. The molecule has 0 saturated carbocycles. The lowest BCUT2D eigenvalue weighted by molar-refractivity contribution is -0.144. The molecular weight excluding hydrogens is 319 g/mol. The summed E-state index contributed by atoms with van der Waals surface area (Å²) < 4.78 is 41.0. The molecule has 2 heterocycles. The van der Waals surface area contributed by atoms with E-state index >= 15 is 0 Å². The first-order chi connectivity index (χ1) is 11.3. The molecule has 24 heavy (non-hydrogen) atoms. The zero-order valence-electron chi connectivity index (χ0n) is 13.5. The van der Waals surface area contributed by atoms with Crippen LogP contribution in [0.4, 0.5) is 19.0 Å². The van der Waals surface area contributed by atoms with Gasteiger partial charge in [0.25, 0.3) is 0 Å². The predicted octanol–water partition coefficient (Wildman–Crippen LogP) is 3.27. The Morgan fingerprint density at radius 2 is 1.83 bits per heavy atom. The second kappa shape index (κ2) is 5.77. The monoisotopic (exact) mass is 335 g/mol. The lowest BCUT2D eigenvalue weighted by Gasteiger charge is -2.14. The third-order valence-electron chi connectivity index (χ3n) is 3.72. The molecule has 0 amide bonds. The highest BCUT2D eigenvalue weighted by atomic mass is 19.4. The van der Waals surface area contributed by atoms with Crippen LogP contribution in [0, 0.1) is 6.92 Å². The van der Waals surface area contributed by atoms with E-state index in [4.69, 9.17) is 0 Å². The Balaban J connectivity index is 2.17. The lowest BCUT2D eigenvalue weighted by Crippen LogP contribution is -2.18. The molecule has 0 aliphatic heterocycles. The molecule has 8 heteroatoms. The maximum atomic E-state index is 13.1. The van der Waals surface area contributed by atoms with Gasteiger partial charge < -0.3 is 9.47 Å². The number of aryl methyl sites for hydroxylation is 1. The van der Waals surface area contributed by atoms with Crippen molar-refractivity contribution < 1.29 is 13.2 Å². The molecule has 0 saturated heterocycles. The molecular formula is C16H16F3N5. The number of fused-ring (bicyclic) bond motifs is 1. The number of benzene rings is 1. The largest absolute Gasteiger partial charge is 0.451 e. The normalized spacial score (nSPS) is 11.9. The van der Waals surface area contributed by atoms with Crippen LogP contribution in [0.25, 0.3) is 11.2 Å². The predicted molar refractivity (Wildman–Crippen MR) is 84.9 cm³/mol. The van der Waals surface area contributed by atoms with Crippen LogP contribution in [0.5, 0.6) is 0 Å². The van der Waals surface area contributed by atoms with E-state index in [1.807, 2.05) is 31.2 Å². The molecule has 0 bridgehead atoms. The van der Waals surface area contributed by atoms with E-state index in [1.54, 1.807) is 18.7 Å². The molecule has 0 spiro atoms. The van der Waals surface area contributed by atoms with Crippen LogP contribution in [-0.2, 0) is 12.7 Å². The van der Waals surface area contributed by atoms with Gasteiger partial charge in [-0.25, -0.2) is 15.0 Å². The third-order valence-corrected chi connectivity index (χ3v) is 3.72. The van der Waals surface area contributed by atoms with Gasteiger partial charge in [-0.15, -0.1) is 0 Å². The second-order valence-electron chi connectivity index (χ2n) is 5.73. The Kier molecular flexibility index (Phi) is 3.90. The minimum absolute atomic E-state index is 0.149. The van der Waals surface area contributed by atoms with Crippen molar-refractivity contribution in [1.82, 2.24) is 19.5 Å². The Bertz CT molecular complexity index is 883. The van der Waals surface area contributed by atoms with Crippen molar-refractivity contribution in [2.24, 2.45) is 0 Å². The van der Waals surface area contributed by atoms with E-state index in [1.165, 1.54) is 11.2 Å². The van der Waals surface area contributed by atoms with Crippen LogP contribution in [0.2, 0.25) is 0 Å². The van der Waals surface area contributed by atoms with Gasteiger partial charge in [0.2, 0.25) is 5.82 Å². The smallest absolute Gasteiger partial charge is 0.361 e. The van der Waals surface area contributed by atoms with Gasteiger partial charge in [0.15, 0.2) is 17.0 Å². The fraction of sp³-hybridized carbons (Fsp3) is 0.312. The Morgan fingerprint density at radius 3 is 2.46 bits per heavy atom. The maximum Gasteiger partial charge on any atom is 0.451 e. The van der Waals surface area contributed by atoms with Gasteiger partial charge in [-0.05, 0) is 18.1 Å². The first kappa shape index (κ1) is 16.2. The molecule has 0 N–H and O–H groups in total. The zero-order chi connectivity index (χ0) is 17.5. The second-order valence-corrected chi connectivity index (χ2v) is 5.73. The first-order valence-corrected chi connectivity index (χ1v) is 7.29. The van der Waals surface area contributed by atoms with E-state index in [0.717, 1.165) is 11.1 Å². The van der Waals surface area contributed by atoms with E-state index in [0.29, 0.717) is 12.1 Å². The summed E-state index contributed by atoms with van der Waals surface area (Å²) in [5.74, 6) is -1.01. The summed E-state index contributed by atoms with van der Waals surface area (Å²) in [5.41, 5.74) is 2.57. The van der Waals surface area contributed by atoms with Crippen LogP contribution in [-0.4, -0.2) is 33.6 Å². The van der Waals surface area contributed by atoms with Crippen LogP contribution < -0.4 is 4.90 Å². The van der Waals surface area contributed by atoms with Crippen LogP contribution in [0.15, 0.2) is 30.6 Å². The molecule has 2 aromatic heterocycles. The SMILES string of the molecule is Cc1ccccc1Cn1cnc2c(N(C)C)nc(C(F)(F)F)nc21. The molecule has 0 aliphatic carbocycles. The number of anilines is 1. The number of hydrogen-bond acceptors (Lipinski definition) is 4. The van der Waals surface area contributed by atoms with E-state index in [2.05, 4.69) is 15.0 Å². The molecule has 0 radical (unpaired) electrons. The van der Waals surface area contributed by atoms with Crippen molar-refractivity contribution in [3.8, 4) is 0 Å². The molecule has 126 valence electrons. The number of nitrogens with zero attached hydrogens (tertiary/aromatic N) is 5. The number of hydrogen-bond donors (Lipinski definition) is 0. The van der Waals surface area contributed by atoms with Crippen LogP contribution in [0.1, 0.15) is 17.0 Å². The number of alkyl halides is 3. The van der Waals surface area contributed by atoms with Gasteiger partial charge >= 0.3 is 6.18 Å². The van der Waals surface area contributed by atoms with Crippen LogP contribution in [0.3, 0.4) is 0 Å². The van der Waals surface area contributed by atoms with Gasteiger partial charge in [0.1, 0.15) is 0 Å². The van der Waals surface area contributed by atoms with E-state index in [9.17, 15) is 13.2 Å². The van der Waals surface area contributed by atoms with Gasteiger partial charge in [0.05, 0.1) is 12.9 Å². The molecule has 0 unspecified atom stereocenters. The average Bonchev–Trinajstić information content (AvgIpc) is 2.90. The van der Waals surface area contributed by atoms with E-state index < -0.39 is 12.0 Å². The van der Waals surface area contributed by atoms with Crippen molar-refractivity contribution in [2.45, 2.75) is 19.6 Å². The summed E-state index contributed by atoms with van der Waals surface area (Å²) in [6.07, 6.45) is -3.12. The molecule has 0 fully saturated rings. The number of rotatable bonds is 3. The number of halogens is 3. The standard InChI is InChI=1S/C16H16F3N5/c1-10-6-4-5-7-11(10)8-24-9-20-12-13(23(2)3)21-15(16(17,18)19)22-14(12)24/h4-7,9H,8H2,1-3H3. The van der Waals surface area contributed by atoms with Crippen molar-refractivity contribution in [3.05, 3.63) is 47.5 Å². The fourth-order valence-corrected chi connectivity index (χ4v) is 2.45. The molecule has 3 rings (SSSR count). The quantitative estimate of drug-likeness (QED) is 0.737. The van der Waals surface area contributed by atoms with Gasteiger partial charge in [-0.2, -0.15) is 13.2 Å². The van der Waals surface area contributed by atoms with E-state index in [-0.39, 0.29) is 11.5 Å². The summed E-state index contributed by atoms with van der Waals surface area (Å²) in [4.78, 5) is 13.1. The highest BCUT2D eigenvalue weighted by molar-refractivity contribution is 5.83. The topological polar surface area (TPSA) is 46.8 Å². The minimum atomic E-state index is -4.61. The molecule has 5 nitrogen and oxygen atoms in total. The van der Waals surface area contributed by atoms with Crippen molar-refractivity contribution in [1.29, 1.82) is 0 Å². The average molecular weight is 335 g/mol. The summed E-state index contributed by atoms with van der Waals surface area (Å²) in [5, 5.41) is 0. The summed E-state index contributed by atoms with van der Waals surface area (Å²) in [6.45, 7) is 2.35. The third kappa shape index (κ3) is 2.91. The van der Waals surface area contributed by atoms with Crippen molar-refractivity contribution in [2.75, 3.05) is 19.0 Å². The lowest BCUT2D eigenvalue weighted by atomic mass is 10.1. The number of imidazole rings is 1. The molecule has 0 atom stereocenters. The summed E-state index contributed by atoms with van der Waals surface area (Å²) >= 11 is 0. The molecule has 1 aromatic carbocycles. The summed E-state index contributed by atoms with van der Waals surface area (Å²) in [6, 6.07) is 7.69. The van der Waals surface area contributed by atoms with Gasteiger partial charge in [-0.3, -0.25) is 0 Å². The van der Waals surface area contributed by atoms with Crippen molar-refractivity contribution in [3.63, 3.8) is 0 Å². The highest BCUT2D eigenvalue weighted by Gasteiger charge is 2.36. The molecule has 3 aromatic rings.